The third-order valence-corrected chi connectivity index (χ3v) is 13.2. The van der Waals surface area contributed by atoms with E-state index < -0.39 is 5.92 Å². The number of alkyl halides is 2. The monoisotopic (exact) mass is 679 g/mol. The molecule has 1 saturated heterocycles. The standard InChI is InChI=1S/C24H35BO3.C14H28F2S.C2H6/c1-22(2)23(3,4)28-25(27-22)16-7-9-17-15(14-16)6-8-19-18(17)12-13-24(5)20(19)10-11-21(24)26;1-3-4-5-6-7-8-9-12-17-13-10-11-14(2,15)16;1-2/h7,9,14,18-21,26H,6,8,10-13H2,1-5H3;3-13H2,1-2H3;1-2H3. The number of unbranched alkanes of at least 4 members (excludes halogenated alkanes) is 6. The molecular weight excluding hydrogens is 609 g/mol. The van der Waals surface area contributed by atoms with Crippen LogP contribution in [-0.2, 0) is 15.7 Å². The molecule has 3 nitrogen and oxygen atoms in total. The zero-order valence-corrected chi connectivity index (χ0v) is 32.4. The first-order valence-electron chi connectivity index (χ1n) is 19.3. The van der Waals surface area contributed by atoms with Gasteiger partial charge in [0.05, 0.1) is 17.3 Å². The molecule has 1 N–H and O–H groups in total. The SMILES string of the molecule is CC.CC12CCC3c4ccc(B5OC(C)(C)C(C)(C)O5)cc4CCC3C1CCC2O.CCCCCCCCCSCCCC(C)(F)F. The molecule has 2 saturated carbocycles. The summed E-state index contributed by atoms with van der Waals surface area (Å²) in [6.45, 7) is 18.1. The highest BCUT2D eigenvalue weighted by atomic mass is 32.2. The van der Waals surface area contributed by atoms with Crippen LogP contribution >= 0.6 is 11.8 Å². The fraction of sp³-hybridized carbons (Fsp3) is 0.850. The Morgan fingerprint density at radius 1 is 0.872 bits per heavy atom. The molecule has 3 aliphatic carbocycles. The van der Waals surface area contributed by atoms with Gasteiger partial charge in [0.25, 0.3) is 0 Å². The smallest absolute Gasteiger partial charge is 0.399 e. The van der Waals surface area contributed by atoms with E-state index in [0.29, 0.717) is 18.3 Å². The summed E-state index contributed by atoms with van der Waals surface area (Å²) in [5.41, 5.74) is 3.77. The van der Waals surface area contributed by atoms with Crippen LogP contribution in [0.15, 0.2) is 18.2 Å². The van der Waals surface area contributed by atoms with Crippen molar-refractivity contribution < 1.29 is 23.2 Å². The van der Waals surface area contributed by atoms with Crippen LogP contribution < -0.4 is 5.46 Å². The molecule has 1 heterocycles. The molecule has 5 unspecified atom stereocenters. The molecule has 0 radical (unpaired) electrons. The maximum absolute atomic E-state index is 12.5. The highest BCUT2D eigenvalue weighted by molar-refractivity contribution is 7.99. The minimum Gasteiger partial charge on any atom is -0.399 e. The molecule has 0 spiro atoms. The van der Waals surface area contributed by atoms with E-state index in [-0.39, 0.29) is 36.3 Å². The molecule has 4 aliphatic rings. The molecule has 270 valence electrons. The number of thioether (sulfide) groups is 1. The lowest BCUT2D eigenvalue weighted by Crippen LogP contribution is -2.44. The molecule has 7 heteroatoms. The third-order valence-electron chi connectivity index (χ3n) is 12.0. The zero-order chi connectivity index (χ0) is 34.9. The van der Waals surface area contributed by atoms with Gasteiger partial charge >= 0.3 is 7.12 Å². The van der Waals surface area contributed by atoms with Gasteiger partial charge in [0.15, 0.2) is 0 Å². The highest BCUT2D eigenvalue weighted by Crippen LogP contribution is 2.60. The van der Waals surface area contributed by atoms with E-state index in [1.807, 2.05) is 25.6 Å². The molecule has 5 atom stereocenters. The van der Waals surface area contributed by atoms with Gasteiger partial charge in [-0.3, -0.25) is 0 Å². The second-order valence-electron chi connectivity index (χ2n) is 16.0. The zero-order valence-electron chi connectivity index (χ0n) is 31.6. The van der Waals surface area contributed by atoms with E-state index >= 15 is 0 Å². The Bertz CT molecular complexity index is 1060. The summed E-state index contributed by atoms with van der Waals surface area (Å²) in [6.07, 6.45) is 16.9. The lowest BCUT2D eigenvalue weighted by Gasteiger charge is -2.50. The summed E-state index contributed by atoms with van der Waals surface area (Å²) in [7, 11) is -0.271. The van der Waals surface area contributed by atoms with Crippen molar-refractivity contribution in [3.8, 4) is 0 Å². The van der Waals surface area contributed by atoms with Crippen molar-refractivity contribution in [1.82, 2.24) is 0 Å². The summed E-state index contributed by atoms with van der Waals surface area (Å²) in [5, 5.41) is 10.6. The molecule has 0 aromatic heterocycles. The summed E-state index contributed by atoms with van der Waals surface area (Å²) in [4.78, 5) is 0. The Hall–Kier alpha value is -0.625. The van der Waals surface area contributed by atoms with Gasteiger partial charge in [-0.15, -0.1) is 0 Å². The summed E-state index contributed by atoms with van der Waals surface area (Å²) < 4.78 is 37.5. The van der Waals surface area contributed by atoms with Crippen molar-refractivity contribution in [1.29, 1.82) is 0 Å². The number of aryl methyl sites for hydroxylation is 1. The number of aliphatic hydroxyl groups excluding tert-OH is 1. The second kappa shape index (κ2) is 18.0. The predicted molar refractivity (Wildman–Crippen MR) is 199 cm³/mol. The molecule has 1 aromatic rings. The molecule has 47 heavy (non-hydrogen) atoms. The second-order valence-corrected chi connectivity index (χ2v) is 17.2. The molecule has 5 rings (SSSR count). The largest absolute Gasteiger partial charge is 0.494 e. The van der Waals surface area contributed by atoms with Crippen molar-refractivity contribution in [3.05, 3.63) is 29.3 Å². The van der Waals surface area contributed by atoms with Gasteiger partial charge in [-0.1, -0.05) is 84.4 Å². The van der Waals surface area contributed by atoms with Crippen LogP contribution in [0.5, 0.6) is 0 Å². The van der Waals surface area contributed by atoms with E-state index in [0.717, 1.165) is 42.7 Å². The minimum absolute atomic E-state index is 0.0387. The van der Waals surface area contributed by atoms with Crippen LogP contribution in [-0.4, -0.2) is 47.0 Å². The van der Waals surface area contributed by atoms with Gasteiger partial charge in [-0.25, -0.2) is 8.78 Å². The first-order valence-corrected chi connectivity index (χ1v) is 20.5. The van der Waals surface area contributed by atoms with Crippen LogP contribution in [0.4, 0.5) is 8.78 Å². The number of hydrogen-bond donors (Lipinski definition) is 1. The van der Waals surface area contributed by atoms with E-state index in [9.17, 15) is 13.9 Å². The van der Waals surface area contributed by atoms with Crippen LogP contribution in [0.25, 0.3) is 0 Å². The van der Waals surface area contributed by atoms with Crippen LogP contribution in [0.1, 0.15) is 169 Å². The van der Waals surface area contributed by atoms with Crippen LogP contribution in [0, 0.1) is 17.3 Å². The number of rotatable bonds is 13. The van der Waals surface area contributed by atoms with Crippen molar-refractivity contribution in [3.63, 3.8) is 0 Å². The number of halogens is 2. The van der Waals surface area contributed by atoms with Crippen LogP contribution in [0.3, 0.4) is 0 Å². The van der Waals surface area contributed by atoms with Crippen LogP contribution in [0.2, 0.25) is 0 Å². The topological polar surface area (TPSA) is 38.7 Å². The normalized spacial score (nSPS) is 28.7. The quantitative estimate of drug-likeness (QED) is 0.166. The average molecular weight is 679 g/mol. The minimum atomic E-state index is -2.47. The van der Waals surface area contributed by atoms with Gasteiger partial charge in [0.1, 0.15) is 0 Å². The van der Waals surface area contributed by atoms with E-state index in [2.05, 4.69) is 59.7 Å². The predicted octanol–water partition coefficient (Wildman–Crippen LogP) is 11.1. The Labute approximate surface area is 292 Å². The Balaban J connectivity index is 0.000000274. The highest BCUT2D eigenvalue weighted by Gasteiger charge is 2.55. The fourth-order valence-corrected chi connectivity index (χ4v) is 9.41. The fourth-order valence-electron chi connectivity index (χ4n) is 8.45. The summed E-state index contributed by atoms with van der Waals surface area (Å²) >= 11 is 1.83. The van der Waals surface area contributed by atoms with Crippen molar-refractivity contribution in [2.45, 2.75) is 188 Å². The maximum atomic E-state index is 12.5. The summed E-state index contributed by atoms with van der Waals surface area (Å²) in [5.74, 6) is 1.66. The molecular formula is C40H69BF2O3S. The van der Waals surface area contributed by atoms with Crippen molar-refractivity contribution in [2.75, 3.05) is 11.5 Å². The van der Waals surface area contributed by atoms with E-state index in [4.69, 9.17) is 9.31 Å². The third kappa shape index (κ3) is 10.7. The van der Waals surface area contributed by atoms with E-state index in [1.165, 1.54) is 76.2 Å². The Kier molecular flexibility index (Phi) is 15.7. The number of fused-ring (bicyclic) bond motifs is 5. The maximum Gasteiger partial charge on any atom is 0.494 e. The Morgan fingerprint density at radius 2 is 1.49 bits per heavy atom. The van der Waals surface area contributed by atoms with Crippen molar-refractivity contribution >= 4 is 24.3 Å². The average Bonchev–Trinajstić information content (AvgIpc) is 3.45. The first-order chi connectivity index (χ1) is 22.2. The van der Waals surface area contributed by atoms with E-state index in [1.54, 1.807) is 5.56 Å². The number of benzene rings is 1. The van der Waals surface area contributed by atoms with Crippen molar-refractivity contribution in [2.24, 2.45) is 17.3 Å². The molecule has 0 bridgehead atoms. The molecule has 1 aliphatic heterocycles. The molecule has 1 aromatic carbocycles. The first kappa shape index (κ1) is 40.8. The van der Waals surface area contributed by atoms with Gasteiger partial charge in [0.2, 0.25) is 5.92 Å². The van der Waals surface area contributed by atoms with Gasteiger partial charge in [-0.05, 0) is 137 Å². The number of aliphatic hydroxyl groups is 1. The van der Waals surface area contributed by atoms with Gasteiger partial charge in [-0.2, -0.15) is 11.8 Å². The number of hydrogen-bond acceptors (Lipinski definition) is 4. The summed E-state index contributed by atoms with van der Waals surface area (Å²) in [6, 6.07) is 6.95. The Morgan fingerprint density at radius 3 is 2.13 bits per heavy atom. The lowest BCUT2D eigenvalue weighted by molar-refractivity contribution is -0.0226. The van der Waals surface area contributed by atoms with Gasteiger partial charge in [0, 0.05) is 6.42 Å². The molecule has 3 fully saturated rings. The molecule has 0 amide bonds. The van der Waals surface area contributed by atoms with Gasteiger partial charge < -0.3 is 14.4 Å². The lowest BCUT2D eigenvalue weighted by atomic mass is 9.55.